The van der Waals surface area contributed by atoms with Crippen molar-refractivity contribution in [3.05, 3.63) is 41.3 Å². The van der Waals surface area contributed by atoms with E-state index < -0.39 is 23.9 Å². The number of β-amino-alcohol motifs (C(OH)–C–C–N with tert-alkyl or cyclic N) is 1. The summed E-state index contributed by atoms with van der Waals surface area (Å²) in [5.74, 6) is 0.319. The summed E-state index contributed by atoms with van der Waals surface area (Å²) < 4.78 is 44.9. The number of nitrogens with zero attached hydrogens (tertiary/aromatic N) is 3. The molecule has 1 N–H and O–H groups in total. The van der Waals surface area contributed by atoms with E-state index in [1.807, 2.05) is 0 Å². The van der Waals surface area contributed by atoms with E-state index >= 15 is 0 Å². The highest BCUT2D eigenvalue weighted by Crippen LogP contribution is 2.41. The van der Waals surface area contributed by atoms with Gasteiger partial charge in [0.15, 0.2) is 0 Å². The van der Waals surface area contributed by atoms with Gasteiger partial charge in [-0.2, -0.15) is 13.2 Å². The molecule has 1 saturated heterocycles. The van der Waals surface area contributed by atoms with Crippen LogP contribution < -0.4 is 4.90 Å². The Bertz CT molecular complexity index is 671. The van der Waals surface area contributed by atoms with Gasteiger partial charge in [-0.15, -0.1) is 5.10 Å². The fourth-order valence-corrected chi connectivity index (χ4v) is 2.77. The summed E-state index contributed by atoms with van der Waals surface area (Å²) in [6, 6.07) is 4.81. The van der Waals surface area contributed by atoms with Gasteiger partial charge in [-0.1, -0.05) is 23.3 Å². The highest BCUT2D eigenvalue weighted by Gasteiger charge is 2.41. The minimum Gasteiger partial charge on any atom is -0.408 e. The first-order chi connectivity index (χ1) is 10.4. The maximum atomic E-state index is 13.2. The van der Waals surface area contributed by atoms with E-state index in [4.69, 9.17) is 4.42 Å². The predicted octanol–water partition coefficient (Wildman–Crippen LogP) is 2.71. The second kappa shape index (κ2) is 5.28. The average molecular weight is 313 g/mol. The molecular weight excluding hydrogens is 299 g/mol. The molecule has 1 aromatic heterocycles. The molecule has 5 nitrogen and oxygen atoms in total. The summed E-state index contributed by atoms with van der Waals surface area (Å²) in [4.78, 5) is 1.52. The molecule has 0 radical (unpaired) electrons. The number of benzene rings is 1. The molecule has 0 unspecified atom stereocenters. The molecule has 0 saturated carbocycles. The Morgan fingerprint density at radius 2 is 2.00 bits per heavy atom. The number of aliphatic hydroxyl groups excluding tert-OH is 1. The predicted molar refractivity (Wildman–Crippen MR) is 71.2 cm³/mol. The number of hydrogen-bond donors (Lipinski definition) is 1. The van der Waals surface area contributed by atoms with Crippen molar-refractivity contribution in [1.29, 1.82) is 0 Å². The minimum absolute atomic E-state index is 0.0994. The molecule has 1 fully saturated rings. The quantitative estimate of drug-likeness (QED) is 0.923. The maximum Gasteiger partial charge on any atom is 0.416 e. The first-order valence-electron chi connectivity index (χ1n) is 6.77. The first kappa shape index (κ1) is 14.8. The Hall–Kier alpha value is -2.09. The number of anilines is 1. The zero-order valence-electron chi connectivity index (χ0n) is 11.7. The second-order valence-corrected chi connectivity index (χ2v) is 5.25. The van der Waals surface area contributed by atoms with Gasteiger partial charge >= 0.3 is 12.2 Å². The molecule has 2 heterocycles. The van der Waals surface area contributed by atoms with Crippen molar-refractivity contribution in [2.24, 2.45) is 0 Å². The van der Waals surface area contributed by atoms with Crippen LogP contribution >= 0.6 is 0 Å². The summed E-state index contributed by atoms with van der Waals surface area (Å²) in [5, 5.41) is 17.4. The highest BCUT2D eigenvalue weighted by molar-refractivity contribution is 5.41. The van der Waals surface area contributed by atoms with Gasteiger partial charge in [-0.3, -0.25) is 0 Å². The lowest BCUT2D eigenvalue weighted by atomic mass is 9.98. The van der Waals surface area contributed by atoms with Crippen LogP contribution in [0.5, 0.6) is 0 Å². The van der Waals surface area contributed by atoms with Crippen LogP contribution in [-0.2, 0) is 6.18 Å². The maximum absolute atomic E-state index is 13.2. The van der Waals surface area contributed by atoms with Gasteiger partial charge in [-0.25, -0.2) is 0 Å². The number of hydrogen-bond acceptors (Lipinski definition) is 5. The second-order valence-electron chi connectivity index (χ2n) is 5.25. The van der Waals surface area contributed by atoms with Gasteiger partial charge in [0.05, 0.1) is 17.7 Å². The summed E-state index contributed by atoms with van der Waals surface area (Å²) in [7, 11) is 0. The molecule has 0 amide bonds. The smallest absolute Gasteiger partial charge is 0.408 e. The SMILES string of the molecule is Cc1nnc(N2C[C@@H](O)C[C@H]2c2ccccc2C(F)(F)F)o1. The molecule has 0 spiro atoms. The van der Waals surface area contributed by atoms with Gasteiger partial charge in [0.25, 0.3) is 0 Å². The zero-order valence-corrected chi connectivity index (χ0v) is 11.7. The monoisotopic (exact) mass is 313 g/mol. The molecule has 2 atom stereocenters. The van der Waals surface area contributed by atoms with E-state index in [0.29, 0.717) is 5.89 Å². The Morgan fingerprint density at radius 1 is 1.27 bits per heavy atom. The molecule has 2 aromatic rings. The Balaban J connectivity index is 2.03. The first-order valence-corrected chi connectivity index (χ1v) is 6.77. The van der Waals surface area contributed by atoms with E-state index in [9.17, 15) is 18.3 Å². The molecule has 1 aliphatic rings. The molecule has 118 valence electrons. The third-order valence-corrected chi connectivity index (χ3v) is 3.67. The van der Waals surface area contributed by atoms with Gasteiger partial charge in [-0.05, 0) is 18.1 Å². The van der Waals surface area contributed by atoms with E-state index in [1.165, 1.54) is 17.0 Å². The van der Waals surface area contributed by atoms with Gasteiger partial charge < -0.3 is 14.4 Å². The summed E-state index contributed by atoms with van der Waals surface area (Å²) in [5.41, 5.74) is -0.613. The number of alkyl halides is 3. The van der Waals surface area contributed by atoms with Crippen LogP contribution in [0.3, 0.4) is 0 Å². The largest absolute Gasteiger partial charge is 0.416 e. The molecule has 22 heavy (non-hydrogen) atoms. The van der Waals surface area contributed by atoms with Crippen molar-refractivity contribution in [2.45, 2.75) is 31.7 Å². The third kappa shape index (κ3) is 2.66. The summed E-state index contributed by atoms with van der Waals surface area (Å²) >= 11 is 0. The van der Waals surface area contributed by atoms with Crippen LogP contribution in [0.25, 0.3) is 0 Å². The molecular formula is C14H14F3N3O2. The van der Waals surface area contributed by atoms with E-state index in [0.717, 1.165) is 6.07 Å². The molecule has 1 aromatic carbocycles. The topological polar surface area (TPSA) is 62.4 Å². The van der Waals surface area contributed by atoms with Crippen LogP contribution in [0.2, 0.25) is 0 Å². The van der Waals surface area contributed by atoms with Gasteiger partial charge in [0, 0.05) is 13.5 Å². The lowest BCUT2D eigenvalue weighted by Crippen LogP contribution is -2.26. The number of aliphatic hydroxyl groups is 1. The zero-order chi connectivity index (χ0) is 15.9. The number of rotatable bonds is 2. The van der Waals surface area contributed by atoms with Crippen molar-refractivity contribution in [3.63, 3.8) is 0 Å². The summed E-state index contributed by atoms with van der Waals surface area (Å²) in [6.45, 7) is 1.75. The Kier molecular flexibility index (Phi) is 3.56. The number of aromatic nitrogens is 2. The van der Waals surface area contributed by atoms with Crippen molar-refractivity contribution < 1.29 is 22.7 Å². The van der Waals surface area contributed by atoms with Crippen molar-refractivity contribution in [2.75, 3.05) is 11.4 Å². The van der Waals surface area contributed by atoms with Crippen LogP contribution in [-0.4, -0.2) is 28.0 Å². The van der Waals surface area contributed by atoms with Crippen LogP contribution in [0, 0.1) is 6.92 Å². The van der Waals surface area contributed by atoms with Crippen LogP contribution in [0.4, 0.5) is 19.2 Å². The van der Waals surface area contributed by atoms with Gasteiger partial charge in [0.1, 0.15) is 0 Å². The lowest BCUT2D eigenvalue weighted by molar-refractivity contribution is -0.138. The van der Waals surface area contributed by atoms with Crippen molar-refractivity contribution >= 4 is 6.01 Å². The Morgan fingerprint density at radius 3 is 2.64 bits per heavy atom. The summed E-state index contributed by atoms with van der Waals surface area (Å²) in [6.07, 6.45) is -5.03. The fraction of sp³-hybridized carbons (Fsp3) is 0.429. The normalized spacial score (nSPS) is 22.3. The number of halogens is 3. The van der Waals surface area contributed by atoms with Crippen molar-refractivity contribution in [1.82, 2.24) is 10.2 Å². The highest BCUT2D eigenvalue weighted by atomic mass is 19.4. The molecule has 1 aliphatic heterocycles. The molecule has 3 rings (SSSR count). The standard InChI is InChI=1S/C14H14F3N3O2/c1-8-18-19-13(22-8)20-7-9(21)6-12(20)10-4-2-3-5-11(10)14(15,16)17/h2-5,9,12,21H,6-7H2,1H3/t9-,12-/m0/s1. The van der Waals surface area contributed by atoms with Crippen LogP contribution in [0.15, 0.2) is 28.7 Å². The minimum atomic E-state index is -4.46. The van der Waals surface area contributed by atoms with Crippen molar-refractivity contribution in [3.8, 4) is 0 Å². The average Bonchev–Trinajstić information content (AvgIpc) is 3.04. The fourth-order valence-electron chi connectivity index (χ4n) is 2.77. The van der Waals surface area contributed by atoms with Crippen LogP contribution in [0.1, 0.15) is 29.5 Å². The van der Waals surface area contributed by atoms with Gasteiger partial charge in [0.2, 0.25) is 5.89 Å². The van der Waals surface area contributed by atoms with E-state index in [-0.39, 0.29) is 24.5 Å². The van der Waals surface area contributed by atoms with E-state index in [2.05, 4.69) is 10.2 Å². The Labute approximate surface area is 124 Å². The number of aryl methyl sites for hydroxylation is 1. The molecule has 8 heteroatoms. The van der Waals surface area contributed by atoms with E-state index in [1.54, 1.807) is 13.0 Å². The molecule has 0 bridgehead atoms. The molecule has 0 aliphatic carbocycles. The lowest BCUT2D eigenvalue weighted by Gasteiger charge is -2.25. The third-order valence-electron chi connectivity index (χ3n) is 3.67.